The van der Waals surface area contributed by atoms with E-state index in [1.165, 1.54) is 12.8 Å². The summed E-state index contributed by atoms with van der Waals surface area (Å²) in [7, 11) is 0. The predicted molar refractivity (Wildman–Crippen MR) is 84.5 cm³/mol. The molecule has 110 valence electrons. The predicted octanol–water partition coefficient (Wildman–Crippen LogP) is 4.68. The van der Waals surface area contributed by atoms with E-state index >= 15 is 0 Å². The molecule has 0 aromatic heterocycles. The Labute approximate surface area is 122 Å². The summed E-state index contributed by atoms with van der Waals surface area (Å²) in [6.45, 7) is 2.17. The van der Waals surface area contributed by atoms with Gasteiger partial charge in [0.25, 0.3) is 0 Å². The fraction of sp³-hybridized carbons (Fsp3) is 0.500. The van der Waals surface area contributed by atoms with Crippen LogP contribution in [0.5, 0.6) is 0 Å². The molecule has 0 saturated heterocycles. The molecule has 2 nitrogen and oxygen atoms in total. The Balaban J connectivity index is 2.49. The Morgan fingerprint density at radius 2 is 2.05 bits per heavy atom. The van der Waals surface area contributed by atoms with E-state index in [0.29, 0.717) is 6.42 Å². The number of hydrogen-bond donors (Lipinski definition) is 1. The SMILES string of the molecule is CCCCCC(O)c1cccc(C=CCCCC=O)c1. The van der Waals surface area contributed by atoms with E-state index in [1.807, 2.05) is 24.3 Å². The van der Waals surface area contributed by atoms with Gasteiger partial charge in [-0.15, -0.1) is 0 Å². The van der Waals surface area contributed by atoms with Crippen molar-refractivity contribution in [1.29, 1.82) is 0 Å². The molecule has 1 unspecified atom stereocenters. The summed E-state index contributed by atoms with van der Waals surface area (Å²) in [5.74, 6) is 0. The Hall–Kier alpha value is -1.41. The molecule has 0 aliphatic rings. The standard InChI is InChI=1S/C18H26O2/c1-2-3-6-13-18(20)17-12-9-11-16(15-17)10-7-4-5-8-14-19/h7,9-12,14-15,18,20H,2-6,8,13H2,1H3. The highest BCUT2D eigenvalue weighted by atomic mass is 16.3. The van der Waals surface area contributed by atoms with Gasteiger partial charge in [0.15, 0.2) is 0 Å². The van der Waals surface area contributed by atoms with Gasteiger partial charge in [0.05, 0.1) is 6.10 Å². The summed E-state index contributed by atoms with van der Waals surface area (Å²) in [6.07, 6.45) is 11.5. The topological polar surface area (TPSA) is 37.3 Å². The molecular weight excluding hydrogens is 248 g/mol. The molecule has 0 radical (unpaired) electrons. The van der Waals surface area contributed by atoms with Crippen molar-refractivity contribution >= 4 is 12.4 Å². The van der Waals surface area contributed by atoms with Gasteiger partial charge in [0, 0.05) is 6.42 Å². The molecule has 1 rings (SSSR count). The zero-order valence-electron chi connectivity index (χ0n) is 12.4. The lowest BCUT2D eigenvalue weighted by Gasteiger charge is -2.11. The van der Waals surface area contributed by atoms with Gasteiger partial charge in [-0.25, -0.2) is 0 Å². The highest BCUT2D eigenvalue weighted by molar-refractivity contribution is 5.51. The number of allylic oxidation sites excluding steroid dienone is 1. The number of hydrogen-bond acceptors (Lipinski definition) is 2. The van der Waals surface area contributed by atoms with Gasteiger partial charge in [-0.1, -0.05) is 56.5 Å². The lowest BCUT2D eigenvalue weighted by Crippen LogP contribution is -1.97. The fourth-order valence-corrected chi connectivity index (χ4v) is 2.16. The molecule has 0 saturated carbocycles. The van der Waals surface area contributed by atoms with Crippen LogP contribution in [0.1, 0.15) is 69.1 Å². The van der Waals surface area contributed by atoms with Gasteiger partial charge in [0.1, 0.15) is 6.29 Å². The first kappa shape index (κ1) is 16.6. The summed E-state index contributed by atoms with van der Waals surface area (Å²) < 4.78 is 0. The van der Waals surface area contributed by atoms with Crippen LogP contribution in [0.3, 0.4) is 0 Å². The molecular formula is C18H26O2. The maximum atomic E-state index is 10.2. The van der Waals surface area contributed by atoms with Gasteiger partial charge in [0.2, 0.25) is 0 Å². The second-order valence-corrected chi connectivity index (χ2v) is 5.18. The van der Waals surface area contributed by atoms with E-state index in [-0.39, 0.29) is 6.10 Å². The fourth-order valence-electron chi connectivity index (χ4n) is 2.16. The van der Waals surface area contributed by atoms with Crippen LogP contribution in [-0.2, 0) is 4.79 Å². The molecule has 2 heteroatoms. The molecule has 1 N–H and O–H groups in total. The summed E-state index contributed by atoms with van der Waals surface area (Å²) in [5, 5.41) is 10.2. The minimum atomic E-state index is -0.357. The summed E-state index contributed by atoms with van der Waals surface area (Å²) in [6, 6.07) is 8.06. The van der Waals surface area contributed by atoms with Gasteiger partial charge >= 0.3 is 0 Å². The van der Waals surface area contributed by atoms with Crippen LogP contribution >= 0.6 is 0 Å². The van der Waals surface area contributed by atoms with Crippen molar-refractivity contribution in [2.45, 2.75) is 58.0 Å². The first-order valence-corrected chi connectivity index (χ1v) is 7.66. The van der Waals surface area contributed by atoms with Crippen LogP contribution in [0.15, 0.2) is 30.3 Å². The van der Waals surface area contributed by atoms with Crippen molar-refractivity contribution in [3.05, 3.63) is 41.5 Å². The van der Waals surface area contributed by atoms with Crippen LogP contribution in [0, 0.1) is 0 Å². The molecule has 0 bridgehead atoms. The van der Waals surface area contributed by atoms with Crippen molar-refractivity contribution in [2.24, 2.45) is 0 Å². The average molecular weight is 274 g/mol. The minimum absolute atomic E-state index is 0.357. The normalized spacial score (nSPS) is 12.7. The second kappa shape index (κ2) is 10.4. The molecule has 0 amide bonds. The lowest BCUT2D eigenvalue weighted by atomic mass is 10.0. The largest absolute Gasteiger partial charge is 0.388 e. The summed E-state index contributed by atoms with van der Waals surface area (Å²) >= 11 is 0. The van der Waals surface area contributed by atoms with Gasteiger partial charge in [-0.2, -0.15) is 0 Å². The average Bonchev–Trinajstić information content (AvgIpc) is 2.47. The molecule has 20 heavy (non-hydrogen) atoms. The van der Waals surface area contributed by atoms with Crippen LogP contribution in [0.2, 0.25) is 0 Å². The lowest BCUT2D eigenvalue weighted by molar-refractivity contribution is -0.107. The van der Waals surface area contributed by atoms with E-state index in [1.54, 1.807) is 0 Å². The van der Waals surface area contributed by atoms with Crippen LogP contribution < -0.4 is 0 Å². The maximum absolute atomic E-state index is 10.2. The Morgan fingerprint density at radius 1 is 1.20 bits per heavy atom. The van der Waals surface area contributed by atoms with Gasteiger partial charge < -0.3 is 9.90 Å². The third-order valence-corrected chi connectivity index (χ3v) is 3.38. The van der Waals surface area contributed by atoms with E-state index in [0.717, 1.165) is 43.1 Å². The smallest absolute Gasteiger partial charge is 0.120 e. The molecule has 0 spiro atoms. The number of unbranched alkanes of at least 4 members (excludes halogenated alkanes) is 4. The molecule has 0 heterocycles. The number of aliphatic hydroxyl groups excluding tert-OH is 1. The molecule has 1 aromatic rings. The first-order chi connectivity index (χ1) is 9.77. The second-order valence-electron chi connectivity index (χ2n) is 5.18. The van der Waals surface area contributed by atoms with Crippen molar-refractivity contribution in [3.8, 4) is 0 Å². The maximum Gasteiger partial charge on any atom is 0.120 e. The number of carbonyl (C=O) groups excluding carboxylic acids is 1. The zero-order valence-corrected chi connectivity index (χ0v) is 12.4. The van der Waals surface area contributed by atoms with Crippen molar-refractivity contribution in [3.63, 3.8) is 0 Å². The molecule has 1 atom stereocenters. The number of benzene rings is 1. The monoisotopic (exact) mass is 274 g/mol. The third kappa shape index (κ3) is 6.67. The minimum Gasteiger partial charge on any atom is -0.388 e. The molecule has 0 aliphatic heterocycles. The Morgan fingerprint density at radius 3 is 2.80 bits per heavy atom. The summed E-state index contributed by atoms with van der Waals surface area (Å²) in [5.41, 5.74) is 2.11. The van der Waals surface area contributed by atoms with Crippen LogP contribution in [-0.4, -0.2) is 11.4 Å². The molecule has 0 fully saturated rings. The van der Waals surface area contributed by atoms with Crippen molar-refractivity contribution in [2.75, 3.05) is 0 Å². The Bertz CT molecular complexity index is 410. The number of aldehydes is 1. The van der Waals surface area contributed by atoms with E-state index < -0.39 is 0 Å². The first-order valence-electron chi connectivity index (χ1n) is 7.66. The van der Waals surface area contributed by atoms with Crippen LogP contribution in [0.4, 0.5) is 0 Å². The van der Waals surface area contributed by atoms with E-state index in [9.17, 15) is 9.90 Å². The highest BCUT2D eigenvalue weighted by Gasteiger charge is 2.06. The van der Waals surface area contributed by atoms with Crippen molar-refractivity contribution in [1.82, 2.24) is 0 Å². The van der Waals surface area contributed by atoms with Crippen molar-refractivity contribution < 1.29 is 9.90 Å². The van der Waals surface area contributed by atoms with E-state index in [4.69, 9.17) is 0 Å². The Kier molecular flexibility index (Phi) is 8.64. The van der Waals surface area contributed by atoms with Crippen LogP contribution in [0.25, 0.3) is 6.08 Å². The number of rotatable bonds is 10. The zero-order chi connectivity index (χ0) is 14.6. The van der Waals surface area contributed by atoms with Gasteiger partial charge in [-0.3, -0.25) is 0 Å². The van der Waals surface area contributed by atoms with E-state index in [2.05, 4.69) is 19.1 Å². The molecule has 1 aromatic carbocycles. The number of aliphatic hydroxyl groups is 1. The highest BCUT2D eigenvalue weighted by Crippen LogP contribution is 2.21. The summed E-state index contributed by atoms with van der Waals surface area (Å²) in [4.78, 5) is 10.2. The molecule has 0 aliphatic carbocycles. The third-order valence-electron chi connectivity index (χ3n) is 3.38. The van der Waals surface area contributed by atoms with Gasteiger partial charge in [-0.05, 0) is 36.5 Å². The quantitative estimate of drug-likeness (QED) is 0.496. The number of carbonyl (C=O) groups is 1.